The third kappa shape index (κ3) is 4.52. The Morgan fingerprint density at radius 2 is 1.72 bits per heavy atom. The average Bonchev–Trinajstić information content (AvgIpc) is 3.15. The Morgan fingerprint density at radius 1 is 1.06 bits per heavy atom. The number of benzene rings is 2. The summed E-state index contributed by atoms with van der Waals surface area (Å²) in [5.74, 6) is -0.616. The molecule has 170 valence electrons. The first-order valence-electron chi connectivity index (χ1n) is 10.3. The molecule has 2 aromatic carbocycles. The van der Waals surface area contributed by atoms with Crippen molar-refractivity contribution >= 4 is 37.3 Å². The van der Waals surface area contributed by atoms with Gasteiger partial charge in [0.1, 0.15) is 0 Å². The Bertz CT molecular complexity index is 964. The first kappa shape index (κ1) is 23.8. The molecule has 0 saturated carbocycles. The summed E-state index contributed by atoms with van der Waals surface area (Å²) in [7, 11) is 2.91. The Morgan fingerprint density at radius 3 is 2.25 bits per heavy atom. The average molecular weight is 504 g/mol. The Hall–Kier alpha value is -2.83. The molecule has 1 aliphatic heterocycles. The van der Waals surface area contributed by atoms with Gasteiger partial charge in [0.2, 0.25) is 0 Å². The summed E-state index contributed by atoms with van der Waals surface area (Å²) < 4.78 is 15.7. The van der Waals surface area contributed by atoms with E-state index in [1.54, 1.807) is 26.2 Å². The number of ether oxygens (including phenoxy) is 3. The van der Waals surface area contributed by atoms with Gasteiger partial charge in [-0.1, -0.05) is 0 Å². The van der Waals surface area contributed by atoms with E-state index in [0.29, 0.717) is 5.75 Å². The summed E-state index contributed by atoms with van der Waals surface area (Å²) >= 11 is -0.444. The summed E-state index contributed by atoms with van der Waals surface area (Å²) in [5, 5.41) is 0. The van der Waals surface area contributed by atoms with E-state index >= 15 is 0 Å². The van der Waals surface area contributed by atoms with Crippen molar-refractivity contribution in [1.29, 1.82) is 0 Å². The van der Waals surface area contributed by atoms with E-state index in [1.165, 1.54) is 18.9 Å². The number of nitrogens with zero attached hydrogens (tertiary/aromatic N) is 1. The minimum absolute atomic E-state index is 0.129. The van der Waals surface area contributed by atoms with Crippen LogP contribution in [0.2, 0.25) is 4.31 Å². The van der Waals surface area contributed by atoms with Gasteiger partial charge in [0.05, 0.1) is 0 Å². The number of esters is 2. The number of carbonyl (C=O) groups is 3. The molecule has 2 aromatic rings. The van der Waals surface area contributed by atoms with Gasteiger partial charge in [-0.3, -0.25) is 0 Å². The minimum atomic E-state index is -1.11. The van der Waals surface area contributed by atoms with E-state index < -0.39 is 43.3 Å². The molecule has 1 heterocycles. The van der Waals surface area contributed by atoms with E-state index in [4.69, 9.17) is 14.2 Å². The molecule has 32 heavy (non-hydrogen) atoms. The summed E-state index contributed by atoms with van der Waals surface area (Å²) in [4.78, 5) is 40.7. The zero-order chi connectivity index (χ0) is 23.3. The molecule has 7 nitrogen and oxygen atoms in total. The van der Waals surface area contributed by atoms with Crippen LogP contribution in [0.5, 0.6) is 5.75 Å². The number of hydrogen-bond acceptors (Lipinski definition) is 6. The zero-order valence-corrected chi connectivity index (χ0v) is 20.3. The van der Waals surface area contributed by atoms with Crippen LogP contribution in [0.15, 0.2) is 54.6 Å². The van der Waals surface area contributed by atoms with Gasteiger partial charge in [-0.2, -0.15) is 0 Å². The van der Waals surface area contributed by atoms with Crippen LogP contribution in [0.3, 0.4) is 0 Å². The molecule has 1 fully saturated rings. The van der Waals surface area contributed by atoms with Crippen molar-refractivity contribution in [3.8, 4) is 5.75 Å². The number of rotatable bonds is 7. The normalized spacial score (nSPS) is 22.3. The predicted molar refractivity (Wildman–Crippen MR) is 120 cm³/mol. The molecule has 1 aliphatic rings. The van der Waals surface area contributed by atoms with Crippen molar-refractivity contribution in [2.45, 2.75) is 36.7 Å². The van der Waals surface area contributed by atoms with E-state index in [0.717, 1.165) is 10.0 Å². The van der Waals surface area contributed by atoms with E-state index in [-0.39, 0.29) is 18.9 Å². The molecule has 1 saturated heterocycles. The van der Waals surface area contributed by atoms with Crippen molar-refractivity contribution in [2.24, 2.45) is 0 Å². The molecule has 0 aliphatic carbocycles. The fourth-order valence-electron chi connectivity index (χ4n) is 4.16. The predicted octanol–water partition coefficient (Wildman–Crippen LogP) is 2.28. The van der Waals surface area contributed by atoms with Gasteiger partial charge in [-0.25, -0.2) is 0 Å². The molecule has 0 radical (unpaired) electrons. The van der Waals surface area contributed by atoms with Gasteiger partial charge >= 0.3 is 194 Å². The molecule has 3 rings (SSSR count). The molecular weight excluding hydrogens is 477 g/mol. The van der Waals surface area contributed by atoms with Gasteiger partial charge < -0.3 is 0 Å². The standard InChI is InChI=1S/C24H27NO6Se/c1-5-31-22(27)20-15-24(23(28)30-4,32-19-9-7-6-8-10-19)21(25(20)16(2)26)17-11-13-18(29-3)14-12-17/h6-14,20-21H,5,15H2,1-4H3/t20-,21-,24?/m1/s1. The van der Waals surface area contributed by atoms with Crippen LogP contribution in [0.1, 0.15) is 31.9 Å². The van der Waals surface area contributed by atoms with Crippen LogP contribution in [0.4, 0.5) is 0 Å². The molecule has 0 aromatic heterocycles. The van der Waals surface area contributed by atoms with Crippen LogP contribution in [-0.2, 0) is 23.9 Å². The second-order valence-corrected chi connectivity index (χ2v) is 10.3. The van der Waals surface area contributed by atoms with Crippen LogP contribution in [0.25, 0.3) is 0 Å². The van der Waals surface area contributed by atoms with Crippen molar-refractivity contribution in [3.63, 3.8) is 0 Å². The molecule has 3 atom stereocenters. The topological polar surface area (TPSA) is 82.1 Å². The molecule has 0 spiro atoms. The Labute approximate surface area is 194 Å². The zero-order valence-electron chi connectivity index (χ0n) is 18.6. The SMILES string of the molecule is CCOC(=O)[C@H]1CC([Se]c2ccccc2)(C(=O)OC)[C@@H](c2ccc(OC)cc2)N1C(C)=O. The molecule has 0 N–H and O–H groups in total. The fourth-order valence-corrected chi connectivity index (χ4v) is 7.27. The van der Waals surface area contributed by atoms with Crippen LogP contribution in [0, 0.1) is 0 Å². The first-order valence-corrected chi connectivity index (χ1v) is 12.0. The second-order valence-electron chi connectivity index (χ2n) is 7.37. The van der Waals surface area contributed by atoms with E-state index in [9.17, 15) is 14.4 Å². The number of hydrogen-bond donors (Lipinski definition) is 0. The number of amides is 1. The second kappa shape index (κ2) is 10.2. The van der Waals surface area contributed by atoms with Crippen molar-refractivity contribution in [3.05, 3.63) is 60.2 Å². The van der Waals surface area contributed by atoms with Gasteiger partial charge in [-0.05, 0) is 0 Å². The fraction of sp³-hybridized carbons (Fsp3) is 0.375. The number of carbonyl (C=O) groups excluding carboxylic acids is 3. The molecule has 1 unspecified atom stereocenters. The maximum atomic E-state index is 13.4. The monoisotopic (exact) mass is 505 g/mol. The molecular formula is C24H27NO6Se. The Kier molecular flexibility index (Phi) is 7.59. The Balaban J connectivity index is 2.21. The molecule has 0 bridgehead atoms. The third-order valence-electron chi connectivity index (χ3n) is 5.48. The van der Waals surface area contributed by atoms with Gasteiger partial charge in [-0.15, -0.1) is 0 Å². The summed E-state index contributed by atoms with van der Waals surface area (Å²) in [6.07, 6.45) is 0.129. The number of methoxy groups -OCH3 is 2. The van der Waals surface area contributed by atoms with E-state index in [1.807, 2.05) is 42.5 Å². The third-order valence-corrected chi connectivity index (χ3v) is 8.48. The van der Waals surface area contributed by atoms with Crippen LogP contribution < -0.4 is 9.20 Å². The maximum absolute atomic E-state index is 13.4. The van der Waals surface area contributed by atoms with Crippen LogP contribution in [-0.4, -0.2) is 64.6 Å². The van der Waals surface area contributed by atoms with Crippen molar-refractivity contribution < 1.29 is 28.6 Å². The van der Waals surface area contributed by atoms with E-state index in [2.05, 4.69) is 0 Å². The first-order chi connectivity index (χ1) is 15.4. The summed E-state index contributed by atoms with van der Waals surface area (Å²) in [5.41, 5.74) is 0.732. The van der Waals surface area contributed by atoms with Crippen molar-refractivity contribution in [1.82, 2.24) is 4.90 Å². The molecule has 8 heteroatoms. The van der Waals surface area contributed by atoms with Gasteiger partial charge in [0, 0.05) is 0 Å². The molecule has 1 amide bonds. The van der Waals surface area contributed by atoms with Crippen molar-refractivity contribution in [2.75, 3.05) is 20.8 Å². The number of likely N-dealkylation sites (tertiary alicyclic amines) is 1. The summed E-state index contributed by atoms with van der Waals surface area (Å²) in [6, 6.07) is 15.3. The summed E-state index contributed by atoms with van der Waals surface area (Å²) in [6.45, 7) is 3.31. The van der Waals surface area contributed by atoms with Gasteiger partial charge in [0.15, 0.2) is 0 Å². The van der Waals surface area contributed by atoms with Gasteiger partial charge in [0.25, 0.3) is 0 Å². The quantitative estimate of drug-likeness (QED) is 0.425. The van der Waals surface area contributed by atoms with Crippen LogP contribution >= 0.6 is 0 Å².